The van der Waals surface area contributed by atoms with Crippen LogP contribution in [0.15, 0.2) is 24.3 Å². The molecule has 0 aromatic carbocycles. The summed E-state index contributed by atoms with van der Waals surface area (Å²) in [4.78, 5) is 13.1. The lowest BCUT2D eigenvalue weighted by atomic mass is 9.97. The molecular weight excluding hydrogens is 750 g/mol. The fourth-order valence-corrected chi connectivity index (χ4v) is 7.36. The molecule has 0 aliphatic carbocycles. The number of rotatable bonds is 33. The summed E-state index contributed by atoms with van der Waals surface area (Å²) in [6, 6.07) is -0.923. The summed E-state index contributed by atoms with van der Waals surface area (Å²) in [5.41, 5.74) is 0. The molecule has 2 saturated heterocycles. The zero-order valence-electron chi connectivity index (χ0n) is 35.5. The molecule has 2 aliphatic rings. The van der Waals surface area contributed by atoms with Crippen molar-refractivity contribution in [2.75, 3.05) is 19.8 Å². The number of carbonyl (C=O) groups is 1. The van der Waals surface area contributed by atoms with Gasteiger partial charge in [-0.05, 0) is 32.1 Å². The molecule has 2 aliphatic heterocycles. The summed E-state index contributed by atoms with van der Waals surface area (Å²) in [6.45, 7) is 2.71. The minimum Gasteiger partial charge on any atom is -0.394 e. The molecule has 14 nitrogen and oxygen atoms in total. The smallest absolute Gasteiger partial charge is 0.220 e. The van der Waals surface area contributed by atoms with Crippen LogP contribution in [0.5, 0.6) is 0 Å². The van der Waals surface area contributed by atoms with Crippen molar-refractivity contribution in [2.45, 2.75) is 229 Å². The Morgan fingerprint density at radius 2 is 1.10 bits per heavy atom. The topological polar surface area (TPSA) is 228 Å². The van der Waals surface area contributed by atoms with Crippen molar-refractivity contribution in [2.24, 2.45) is 0 Å². The van der Waals surface area contributed by atoms with E-state index in [-0.39, 0.29) is 18.9 Å². The lowest BCUT2D eigenvalue weighted by Gasteiger charge is -2.46. The molecule has 2 heterocycles. The maximum atomic E-state index is 13.1. The van der Waals surface area contributed by atoms with Gasteiger partial charge in [-0.25, -0.2) is 0 Å². The predicted molar refractivity (Wildman–Crippen MR) is 221 cm³/mol. The normalized spacial score (nSPS) is 29.0. The van der Waals surface area contributed by atoms with E-state index >= 15 is 0 Å². The van der Waals surface area contributed by atoms with Crippen molar-refractivity contribution in [3.05, 3.63) is 24.3 Å². The average molecular weight is 832 g/mol. The molecule has 2 fully saturated rings. The molecule has 340 valence electrons. The van der Waals surface area contributed by atoms with Crippen molar-refractivity contribution in [1.29, 1.82) is 0 Å². The maximum Gasteiger partial charge on any atom is 0.220 e. The highest BCUT2D eigenvalue weighted by atomic mass is 16.7. The van der Waals surface area contributed by atoms with Crippen LogP contribution in [-0.2, 0) is 23.7 Å². The fourth-order valence-electron chi connectivity index (χ4n) is 7.36. The molecule has 12 atom stereocenters. The number of aliphatic hydroxyl groups is 8. The van der Waals surface area contributed by atoms with Gasteiger partial charge in [0.1, 0.15) is 48.8 Å². The monoisotopic (exact) mass is 832 g/mol. The number of nitrogens with one attached hydrogen (secondary N) is 1. The molecule has 58 heavy (non-hydrogen) atoms. The standard InChI is InChI=1S/C44H81NO13/c1-3-5-7-9-11-13-15-16-18-19-21-23-25-27-33(48)32(45-36(49)28-26-24-22-20-17-14-12-10-8-6-4-2)31-55-43-41(54)39(52)42(35(30-47)57-43)58-44-40(53)38(51)37(50)34(29-46)56-44/h18-19,25,27,32-35,37-44,46-48,50-54H,3-17,20-24,26,28-31H2,1-2H3,(H,45,49)/b19-18+,27-25+. The Kier molecular flexibility index (Phi) is 29.2. The van der Waals surface area contributed by atoms with E-state index in [0.29, 0.717) is 12.8 Å². The van der Waals surface area contributed by atoms with Gasteiger partial charge in [0.15, 0.2) is 12.6 Å². The molecule has 1 amide bonds. The molecule has 2 rings (SSSR count). The summed E-state index contributed by atoms with van der Waals surface area (Å²) >= 11 is 0. The molecule has 0 aromatic rings. The number of hydrogen-bond acceptors (Lipinski definition) is 13. The summed E-state index contributed by atoms with van der Waals surface area (Å²) in [5, 5.41) is 86.3. The summed E-state index contributed by atoms with van der Waals surface area (Å²) in [6.07, 6.45) is 15.2. The van der Waals surface area contributed by atoms with Gasteiger partial charge >= 0.3 is 0 Å². The SMILES string of the molecule is CCCCCCCCC/C=C/CC/C=C/C(O)C(COC1OC(CO)C(OC2OC(CO)C(O)C(O)C2O)C(O)C1O)NC(=O)CCCCCCCCCCCCC. The molecule has 0 saturated carbocycles. The van der Waals surface area contributed by atoms with Crippen molar-refractivity contribution >= 4 is 5.91 Å². The van der Waals surface area contributed by atoms with Gasteiger partial charge < -0.3 is 65.1 Å². The summed E-state index contributed by atoms with van der Waals surface area (Å²) in [5.74, 6) is -0.253. The first-order valence-corrected chi connectivity index (χ1v) is 22.6. The number of carbonyl (C=O) groups excluding carboxylic acids is 1. The Bertz CT molecular complexity index is 1080. The molecule has 9 N–H and O–H groups in total. The largest absolute Gasteiger partial charge is 0.394 e. The predicted octanol–water partition coefficient (Wildman–Crippen LogP) is 4.21. The molecule has 14 heteroatoms. The van der Waals surface area contributed by atoms with Crippen LogP contribution in [0.25, 0.3) is 0 Å². The van der Waals surface area contributed by atoms with Gasteiger partial charge in [-0.2, -0.15) is 0 Å². The van der Waals surface area contributed by atoms with E-state index in [0.717, 1.165) is 32.1 Å². The third-order valence-corrected chi connectivity index (χ3v) is 11.1. The fraction of sp³-hybridized carbons (Fsp3) is 0.886. The number of hydrogen-bond donors (Lipinski definition) is 9. The molecule has 0 aromatic heterocycles. The van der Waals surface area contributed by atoms with Gasteiger partial charge in [-0.3, -0.25) is 4.79 Å². The first kappa shape index (κ1) is 52.6. The molecular formula is C44H81NO13. The lowest BCUT2D eigenvalue weighted by molar-refractivity contribution is -0.359. The van der Waals surface area contributed by atoms with Gasteiger partial charge in [0, 0.05) is 6.42 Å². The molecule has 12 unspecified atom stereocenters. The second-order valence-electron chi connectivity index (χ2n) is 16.2. The Balaban J connectivity index is 1.93. The Labute approximate surface area is 348 Å². The van der Waals surface area contributed by atoms with Crippen LogP contribution >= 0.6 is 0 Å². The van der Waals surface area contributed by atoms with Crippen LogP contribution in [0.3, 0.4) is 0 Å². The van der Waals surface area contributed by atoms with Gasteiger partial charge in [0.05, 0.1) is 32.0 Å². The number of aliphatic hydroxyl groups excluding tert-OH is 8. The minimum absolute atomic E-state index is 0.253. The maximum absolute atomic E-state index is 13.1. The first-order chi connectivity index (χ1) is 28.1. The van der Waals surface area contributed by atoms with Crippen LogP contribution in [0.1, 0.15) is 155 Å². The highest BCUT2D eigenvalue weighted by molar-refractivity contribution is 5.76. The van der Waals surface area contributed by atoms with Crippen LogP contribution in [-0.4, -0.2) is 140 Å². The Hall–Kier alpha value is -1.53. The minimum atomic E-state index is -1.79. The summed E-state index contributed by atoms with van der Waals surface area (Å²) in [7, 11) is 0. The number of ether oxygens (including phenoxy) is 4. The van der Waals surface area contributed by atoms with Crippen LogP contribution in [0.4, 0.5) is 0 Å². The highest BCUT2D eigenvalue weighted by Gasteiger charge is 2.50. The van der Waals surface area contributed by atoms with Crippen molar-refractivity contribution < 1.29 is 64.6 Å². The zero-order chi connectivity index (χ0) is 42.5. The second-order valence-corrected chi connectivity index (χ2v) is 16.2. The zero-order valence-corrected chi connectivity index (χ0v) is 35.5. The lowest BCUT2D eigenvalue weighted by Crippen LogP contribution is -2.65. The quantitative estimate of drug-likeness (QED) is 0.0334. The van der Waals surface area contributed by atoms with Crippen LogP contribution in [0, 0.1) is 0 Å². The molecule has 0 radical (unpaired) electrons. The number of allylic oxidation sites excluding steroid dienone is 3. The summed E-state index contributed by atoms with van der Waals surface area (Å²) < 4.78 is 22.6. The molecule has 0 spiro atoms. The van der Waals surface area contributed by atoms with E-state index in [1.54, 1.807) is 6.08 Å². The van der Waals surface area contributed by atoms with E-state index in [9.17, 15) is 45.6 Å². The number of unbranched alkanes of at least 4 members (excludes halogenated alkanes) is 18. The average Bonchev–Trinajstić information content (AvgIpc) is 3.22. The van der Waals surface area contributed by atoms with Gasteiger partial charge in [0.2, 0.25) is 5.91 Å². The third kappa shape index (κ3) is 20.4. The van der Waals surface area contributed by atoms with E-state index < -0.39 is 86.8 Å². The van der Waals surface area contributed by atoms with Crippen LogP contribution < -0.4 is 5.32 Å². The third-order valence-electron chi connectivity index (χ3n) is 11.1. The van der Waals surface area contributed by atoms with Gasteiger partial charge in [0.25, 0.3) is 0 Å². The van der Waals surface area contributed by atoms with Crippen molar-refractivity contribution in [1.82, 2.24) is 5.32 Å². The molecule has 0 bridgehead atoms. The van der Waals surface area contributed by atoms with Crippen LogP contribution in [0.2, 0.25) is 0 Å². The van der Waals surface area contributed by atoms with Crippen molar-refractivity contribution in [3.8, 4) is 0 Å². The van der Waals surface area contributed by atoms with E-state index in [1.807, 2.05) is 6.08 Å². The first-order valence-electron chi connectivity index (χ1n) is 22.6. The van der Waals surface area contributed by atoms with E-state index in [1.165, 1.54) is 89.9 Å². The van der Waals surface area contributed by atoms with E-state index in [4.69, 9.17) is 18.9 Å². The number of amides is 1. The Morgan fingerprint density at radius 3 is 1.69 bits per heavy atom. The van der Waals surface area contributed by atoms with Gasteiger partial charge in [-0.15, -0.1) is 0 Å². The second kappa shape index (κ2) is 32.2. The Morgan fingerprint density at radius 1 is 0.603 bits per heavy atom. The van der Waals surface area contributed by atoms with E-state index in [2.05, 4.69) is 31.3 Å². The highest BCUT2D eigenvalue weighted by Crippen LogP contribution is 2.30. The van der Waals surface area contributed by atoms with Gasteiger partial charge in [-0.1, -0.05) is 141 Å². The van der Waals surface area contributed by atoms with Crippen molar-refractivity contribution in [3.63, 3.8) is 0 Å².